The molecular weight excluding hydrogens is 629 g/mol. The Hall–Kier alpha value is -2.17. The van der Waals surface area contributed by atoms with Crippen LogP contribution in [0.15, 0.2) is 72.9 Å². The van der Waals surface area contributed by atoms with Gasteiger partial charge in [0.1, 0.15) is 6.10 Å². The van der Waals surface area contributed by atoms with Crippen molar-refractivity contribution in [3.05, 3.63) is 72.9 Å². The predicted molar refractivity (Wildman–Crippen MR) is 223 cm³/mol. The van der Waals surface area contributed by atoms with Crippen molar-refractivity contribution in [3.8, 4) is 0 Å². The number of esters is 1. The van der Waals surface area contributed by atoms with Gasteiger partial charge in [0, 0.05) is 13.0 Å². The molecule has 1 unspecified atom stereocenters. The van der Waals surface area contributed by atoms with Crippen molar-refractivity contribution in [2.24, 2.45) is 0 Å². The lowest BCUT2D eigenvalue weighted by Crippen LogP contribution is -2.27. The molecular formula is C47H82O4. The minimum absolute atomic E-state index is 0.191. The Morgan fingerprint density at radius 3 is 1.29 bits per heavy atom. The van der Waals surface area contributed by atoms with E-state index in [1.165, 1.54) is 109 Å². The average molecular weight is 711 g/mol. The third kappa shape index (κ3) is 42.1. The number of hydrogen-bond donors (Lipinski definition) is 1. The molecule has 0 aromatic carbocycles. The van der Waals surface area contributed by atoms with Gasteiger partial charge in [0.25, 0.3) is 0 Å². The standard InChI is InChI=1S/C47H82O4/c1-3-5-7-9-11-13-15-17-19-21-23-24-25-26-28-30-32-34-36-38-40-42-47(49)51-46(44-48)45-50-43-41-39-37-35-33-31-29-27-22-20-18-16-14-12-10-8-6-4-2/h5,7,11,13,17,19,23-24,26,28,32,34,46,48H,3-4,6,8-10,12,14-16,18,20-22,25,27,29-31,33,35-45H2,1-2H3/b7-5-,13-11-,19-17-,24-23-,28-26-,34-32-. The normalized spacial score (nSPS) is 13.1. The second-order valence-electron chi connectivity index (χ2n) is 14.0. The SMILES string of the molecule is CC/C=C\C/C=C\C/C=C\C/C=C\C/C=C\C/C=C\CCCCC(=O)OC(CO)COCCCCCCCCCCCCCCCCCCCC. The van der Waals surface area contributed by atoms with Gasteiger partial charge >= 0.3 is 5.97 Å². The highest BCUT2D eigenvalue weighted by Crippen LogP contribution is 2.14. The van der Waals surface area contributed by atoms with Crippen LogP contribution < -0.4 is 0 Å². The second kappa shape index (κ2) is 44.0. The van der Waals surface area contributed by atoms with Crippen molar-refractivity contribution < 1.29 is 19.4 Å². The number of ether oxygens (including phenoxy) is 2. The fourth-order valence-electron chi connectivity index (χ4n) is 5.86. The summed E-state index contributed by atoms with van der Waals surface area (Å²) in [6.07, 6.45) is 59.6. The molecule has 0 aromatic heterocycles. The molecule has 0 spiro atoms. The molecule has 0 bridgehead atoms. The average Bonchev–Trinajstić information content (AvgIpc) is 3.14. The maximum Gasteiger partial charge on any atom is 0.306 e. The number of rotatable bonds is 39. The third-order valence-electron chi connectivity index (χ3n) is 9.05. The number of carbonyl (C=O) groups excluding carboxylic acids is 1. The Labute approximate surface area is 317 Å². The quantitative estimate of drug-likeness (QED) is 0.0392. The molecule has 0 rings (SSSR count). The lowest BCUT2D eigenvalue weighted by Gasteiger charge is -2.15. The summed E-state index contributed by atoms with van der Waals surface area (Å²) in [5.41, 5.74) is 0. The highest BCUT2D eigenvalue weighted by molar-refractivity contribution is 5.69. The molecule has 0 fully saturated rings. The van der Waals surface area contributed by atoms with Crippen molar-refractivity contribution in [2.75, 3.05) is 19.8 Å². The van der Waals surface area contributed by atoms with Gasteiger partial charge < -0.3 is 14.6 Å². The van der Waals surface area contributed by atoms with Gasteiger partial charge in [-0.25, -0.2) is 0 Å². The fourth-order valence-corrected chi connectivity index (χ4v) is 5.86. The van der Waals surface area contributed by atoms with Crippen LogP contribution in [0.4, 0.5) is 0 Å². The molecule has 1 N–H and O–H groups in total. The van der Waals surface area contributed by atoms with Gasteiger partial charge in [-0.05, 0) is 64.2 Å². The highest BCUT2D eigenvalue weighted by atomic mass is 16.6. The van der Waals surface area contributed by atoms with Gasteiger partial charge in [-0.3, -0.25) is 4.79 Å². The van der Waals surface area contributed by atoms with E-state index < -0.39 is 6.10 Å². The van der Waals surface area contributed by atoms with Gasteiger partial charge in [0.2, 0.25) is 0 Å². The van der Waals surface area contributed by atoms with Gasteiger partial charge in [0.15, 0.2) is 0 Å². The van der Waals surface area contributed by atoms with E-state index in [1.807, 2.05) is 0 Å². The van der Waals surface area contributed by atoms with Crippen LogP contribution in [-0.4, -0.2) is 37.0 Å². The van der Waals surface area contributed by atoms with E-state index in [4.69, 9.17) is 9.47 Å². The van der Waals surface area contributed by atoms with E-state index in [0.717, 1.165) is 64.2 Å². The molecule has 0 saturated carbocycles. The number of hydrogen-bond acceptors (Lipinski definition) is 4. The smallest absolute Gasteiger partial charge is 0.306 e. The molecule has 0 aliphatic heterocycles. The molecule has 4 heteroatoms. The van der Waals surface area contributed by atoms with Gasteiger partial charge in [-0.1, -0.05) is 196 Å². The monoisotopic (exact) mass is 711 g/mol. The van der Waals surface area contributed by atoms with Crippen LogP contribution in [0.1, 0.15) is 194 Å². The van der Waals surface area contributed by atoms with Crippen LogP contribution in [0, 0.1) is 0 Å². The highest BCUT2D eigenvalue weighted by Gasteiger charge is 2.13. The van der Waals surface area contributed by atoms with E-state index in [2.05, 4.69) is 86.8 Å². The fraction of sp³-hybridized carbons (Fsp3) is 0.723. The number of carbonyl (C=O) groups is 1. The van der Waals surface area contributed by atoms with Crippen molar-refractivity contribution in [2.45, 2.75) is 200 Å². The van der Waals surface area contributed by atoms with E-state index >= 15 is 0 Å². The molecule has 51 heavy (non-hydrogen) atoms. The molecule has 0 heterocycles. The second-order valence-corrected chi connectivity index (χ2v) is 14.0. The van der Waals surface area contributed by atoms with Crippen molar-refractivity contribution in [1.82, 2.24) is 0 Å². The van der Waals surface area contributed by atoms with Crippen molar-refractivity contribution in [1.29, 1.82) is 0 Å². The number of aliphatic hydroxyl groups excluding tert-OH is 1. The minimum atomic E-state index is -0.559. The molecule has 0 aliphatic rings. The zero-order valence-corrected chi connectivity index (χ0v) is 33.6. The van der Waals surface area contributed by atoms with Crippen LogP contribution >= 0.6 is 0 Å². The first-order valence-corrected chi connectivity index (χ1v) is 21.5. The van der Waals surface area contributed by atoms with Crippen LogP contribution in [0.3, 0.4) is 0 Å². The Balaban J connectivity index is 3.54. The molecule has 1 atom stereocenters. The van der Waals surface area contributed by atoms with Crippen LogP contribution in [0.2, 0.25) is 0 Å². The Morgan fingerprint density at radius 1 is 0.490 bits per heavy atom. The third-order valence-corrected chi connectivity index (χ3v) is 9.05. The van der Waals surface area contributed by atoms with Crippen molar-refractivity contribution >= 4 is 5.97 Å². The summed E-state index contributed by atoms with van der Waals surface area (Å²) in [5.74, 6) is -0.242. The molecule has 0 aliphatic carbocycles. The Bertz CT molecular complexity index is 881. The lowest BCUT2D eigenvalue weighted by molar-refractivity contribution is -0.154. The first kappa shape index (κ1) is 48.8. The summed E-state index contributed by atoms with van der Waals surface area (Å²) in [4.78, 5) is 12.2. The van der Waals surface area contributed by atoms with Gasteiger partial charge in [-0.15, -0.1) is 0 Å². The Kier molecular flexibility index (Phi) is 42.1. The molecule has 4 nitrogen and oxygen atoms in total. The summed E-state index contributed by atoms with van der Waals surface area (Å²) in [6, 6.07) is 0. The van der Waals surface area contributed by atoms with Crippen molar-refractivity contribution in [3.63, 3.8) is 0 Å². The molecule has 294 valence electrons. The Morgan fingerprint density at radius 2 is 0.882 bits per heavy atom. The topological polar surface area (TPSA) is 55.8 Å². The first-order chi connectivity index (χ1) is 25.2. The summed E-state index contributed by atoms with van der Waals surface area (Å²) in [6.45, 7) is 5.20. The largest absolute Gasteiger partial charge is 0.457 e. The van der Waals surface area contributed by atoms with Crippen LogP contribution in [0.5, 0.6) is 0 Å². The first-order valence-electron chi connectivity index (χ1n) is 21.5. The number of aliphatic hydroxyl groups is 1. The van der Waals surface area contributed by atoms with Crippen LogP contribution in [0.25, 0.3) is 0 Å². The molecule has 0 saturated heterocycles. The van der Waals surface area contributed by atoms with E-state index in [0.29, 0.717) is 13.0 Å². The zero-order valence-electron chi connectivity index (χ0n) is 33.6. The van der Waals surface area contributed by atoms with Crippen LogP contribution in [-0.2, 0) is 14.3 Å². The minimum Gasteiger partial charge on any atom is -0.457 e. The van der Waals surface area contributed by atoms with E-state index in [1.54, 1.807) is 0 Å². The number of unbranched alkanes of at least 4 members (excludes halogenated alkanes) is 19. The molecule has 0 aromatic rings. The predicted octanol–water partition coefficient (Wildman–Crippen LogP) is 14.2. The maximum absolute atomic E-state index is 12.2. The van der Waals surface area contributed by atoms with Gasteiger partial charge in [-0.2, -0.15) is 0 Å². The van der Waals surface area contributed by atoms with Gasteiger partial charge in [0.05, 0.1) is 13.2 Å². The molecule has 0 amide bonds. The summed E-state index contributed by atoms with van der Waals surface area (Å²) in [7, 11) is 0. The summed E-state index contributed by atoms with van der Waals surface area (Å²) < 4.78 is 11.1. The maximum atomic E-state index is 12.2. The molecule has 0 radical (unpaired) electrons. The summed E-state index contributed by atoms with van der Waals surface area (Å²) in [5, 5.41) is 9.60. The van der Waals surface area contributed by atoms with E-state index in [-0.39, 0.29) is 19.2 Å². The number of allylic oxidation sites excluding steroid dienone is 12. The lowest BCUT2D eigenvalue weighted by atomic mass is 10.0. The van der Waals surface area contributed by atoms with E-state index in [9.17, 15) is 9.90 Å². The zero-order chi connectivity index (χ0) is 37.0. The summed E-state index contributed by atoms with van der Waals surface area (Å²) >= 11 is 0.